The molecule has 0 aliphatic heterocycles. The molecule has 0 bridgehead atoms. The zero-order valence-corrected chi connectivity index (χ0v) is 11.4. The first-order valence-electron chi connectivity index (χ1n) is 6.77. The maximum atomic E-state index is 6.42. The van der Waals surface area contributed by atoms with E-state index in [0.29, 0.717) is 5.38 Å². The zero-order valence-electron chi connectivity index (χ0n) is 10.6. The highest BCUT2D eigenvalue weighted by molar-refractivity contribution is 6.20. The zero-order chi connectivity index (χ0) is 11.3. The molecular formula is C14H27Cl. The van der Waals surface area contributed by atoms with Crippen molar-refractivity contribution in [3.05, 3.63) is 0 Å². The summed E-state index contributed by atoms with van der Waals surface area (Å²) in [5.74, 6) is 2.62. The Morgan fingerprint density at radius 1 is 1.27 bits per heavy atom. The van der Waals surface area contributed by atoms with Crippen LogP contribution in [-0.2, 0) is 0 Å². The Morgan fingerprint density at radius 2 is 2.00 bits per heavy atom. The molecule has 1 rings (SSSR count). The predicted molar refractivity (Wildman–Crippen MR) is 69.5 cm³/mol. The van der Waals surface area contributed by atoms with Gasteiger partial charge in [0, 0.05) is 5.38 Å². The summed E-state index contributed by atoms with van der Waals surface area (Å²) in [6.07, 6.45) is 9.48. The summed E-state index contributed by atoms with van der Waals surface area (Å²) >= 11 is 6.42. The average Bonchev–Trinajstić information content (AvgIpc) is 2.20. The fourth-order valence-electron chi connectivity index (χ4n) is 2.78. The Hall–Kier alpha value is 0.290. The number of alkyl halides is 1. The molecule has 0 spiro atoms. The Balaban J connectivity index is 2.25. The fourth-order valence-corrected chi connectivity index (χ4v) is 3.14. The van der Waals surface area contributed by atoms with Gasteiger partial charge in [0.25, 0.3) is 0 Å². The molecule has 0 radical (unpaired) electrons. The molecular weight excluding hydrogens is 204 g/mol. The molecule has 3 atom stereocenters. The van der Waals surface area contributed by atoms with Crippen molar-refractivity contribution < 1.29 is 0 Å². The van der Waals surface area contributed by atoms with Crippen LogP contribution in [-0.4, -0.2) is 5.38 Å². The molecule has 0 aromatic heterocycles. The van der Waals surface area contributed by atoms with Gasteiger partial charge in [0.15, 0.2) is 0 Å². The molecule has 0 nitrogen and oxygen atoms in total. The molecule has 1 aliphatic rings. The van der Waals surface area contributed by atoms with Gasteiger partial charge in [-0.25, -0.2) is 0 Å². The van der Waals surface area contributed by atoms with Crippen LogP contribution in [0.15, 0.2) is 0 Å². The van der Waals surface area contributed by atoms with Crippen LogP contribution in [0.2, 0.25) is 0 Å². The van der Waals surface area contributed by atoms with E-state index < -0.39 is 0 Å². The van der Waals surface area contributed by atoms with Crippen molar-refractivity contribution in [1.82, 2.24) is 0 Å². The summed E-state index contributed by atoms with van der Waals surface area (Å²) < 4.78 is 0. The SMILES string of the molecule is CCC1CCC(Cl)C(CCCC(C)C)C1. The second-order valence-corrected chi connectivity index (χ2v) is 6.25. The highest BCUT2D eigenvalue weighted by Crippen LogP contribution is 2.37. The fraction of sp³-hybridized carbons (Fsp3) is 1.00. The Kier molecular flexibility index (Phi) is 6.04. The van der Waals surface area contributed by atoms with Crippen LogP contribution in [0.5, 0.6) is 0 Å². The highest BCUT2D eigenvalue weighted by Gasteiger charge is 2.27. The summed E-state index contributed by atoms with van der Waals surface area (Å²) in [6, 6.07) is 0. The molecule has 0 aromatic carbocycles. The lowest BCUT2D eigenvalue weighted by molar-refractivity contribution is 0.248. The first-order chi connectivity index (χ1) is 7.13. The Morgan fingerprint density at radius 3 is 2.60 bits per heavy atom. The van der Waals surface area contributed by atoms with E-state index >= 15 is 0 Å². The van der Waals surface area contributed by atoms with E-state index in [4.69, 9.17) is 11.6 Å². The van der Waals surface area contributed by atoms with Gasteiger partial charge in [-0.2, -0.15) is 0 Å². The third-order valence-electron chi connectivity index (χ3n) is 3.93. The molecule has 3 unspecified atom stereocenters. The molecule has 1 saturated carbocycles. The minimum Gasteiger partial charge on any atom is -0.123 e. The van der Waals surface area contributed by atoms with Gasteiger partial charge in [-0.3, -0.25) is 0 Å². The van der Waals surface area contributed by atoms with Gasteiger partial charge in [-0.05, 0) is 43.4 Å². The van der Waals surface area contributed by atoms with Crippen LogP contribution in [0.1, 0.15) is 65.7 Å². The van der Waals surface area contributed by atoms with Crippen LogP contribution in [0, 0.1) is 17.8 Å². The smallest absolute Gasteiger partial charge is 0.0364 e. The van der Waals surface area contributed by atoms with Crippen molar-refractivity contribution in [3.63, 3.8) is 0 Å². The van der Waals surface area contributed by atoms with Crippen molar-refractivity contribution >= 4 is 11.6 Å². The topological polar surface area (TPSA) is 0 Å². The molecule has 0 saturated heterocycles. The van der Waals surface area contributed by atoms with Gasteiger partial charge >= 0.3 is 0 Å². The van der Waals surface area contributed by atoms with Gasteiger partial charge in [0.1, 0.15) is 0 Å². The molecule has 1 aliphatic carbocycles. The first kappa shape index (κ1) is 13.4. The minimum atomic E-state index is 0.472. The molecule has 1 fully saturated rings. The van der Waals surface area contributed by atoms with Crippen LogP contribution in [0.25, 0.3) is 0 Å². The number of rotatable bonds is 5. The highest BCUT2D eigenvalue weighted by atomic mass is 35.5. The summed E-state index contributed by atoms with van der Waals surface area (Å²) in [6.45, 7) is 6.95. The molecule has 1 heteroatoms. The van der Waals surface area contributed by atoms with Gasteiger partial charge in [-0.15, -0.1) is 11.6 Å². The van der Waals surface area contributed by atoms with E-state index in [1.807, 2.05) is 0 Å². The standard InChI is InChI=1S/C14H27Cl/c1-4-12-8-9-14(15)13(10-12)7-5-6-11(2)3/h11-14H,4-10H2,1-3H3. The van der Waals surface area contributed by atoms with Gasteiger partial charge in [-0.1, -0.05) is 40.0 Å². The third-order valence-corrected chi connectivity index (χ3v) is 4.51. The van der Waals surface area contributed by atoms with Gasteiger partial charge in [0.05, 0.1) is 0 Å². The third kappa shape index (κ3) is 4.76. The summed E-state index contributed by atoms with van der Waals surface area (Å²) in [5, 5.41) is 0.472. The second-order valence-electron chi connectivity index (χ2n) is 5.69. The largest absolute Gasteiger partial charge is 0.123 e. The molecule has 15 heavy (non-hydrogen) atoms. The quantitative estimate of drug-likeness (QED) is 0.566. The molecule has 0 heterocycles. The average molecular weight is 231 g/mol. The second kappa shape index (κ2) is 6.78. The normalized spacial score (nSPS) is 32.2. The van der Waals surface area contributed by atoms with Crippen molar-refractivity contribution in [3.8, 4) is 0 Å². The predicted octanol–water partition coefficient (Wildman–Crippen LogP) is 5.25. The summed E-state index contributed by atoms with van der Waals surface area (Å²) in [5.41, 5.74) is 0. The van der Waals surface area contributed by atoms with E-state index in [2.05, 4.69) is 20.8 Å². The lowest BCUT2D eigenvalue weighted by Crippen LogP contribution is -2.25. The van der Waals surface area contributed by atoms with Crippen molar-refractivity contribution in [2.24, 2.45) is 17.8 Å². The number of hydrogen-bond donors (Lipinski definition) is 0. The van der Waals surface area contributed by atoms with E-state index in [9.17, 15) is 0 Å². The summed E-state index contributed by atoms with van der Waals surface area (Å²) in [7, 11) is 0. The lowest BCUT2D eigenvalue weighted by atomic mass is 9.77. The van der Waals surface area contributed by atoms with Crippen LogP contribution >= 0.6 is 11.6 Å². The maximum absolute atomic E-state index is 6.42. The molecule has 0 amide bonds. The monoisotopic (exact) mass is 230 g/mol. The van der Waals surface area contributed by atoms with E-state index in [1.165, 1.54) is 44.9 Å². The van der Waals surface area contributed by atoms with E-state index in [1.54, 1.807) is 0 Å². The van der Waals surface area contributed by atoms with Crippen LogP contribution in [0.3, 0.4) is 0 Å². The number of halogens is 1. The van der Waals surface area contributed by atoms with Gasteiger partial charge < -0.3 is 0 Å². The van der Waals surface area contributed by atoms with Crippen LogP contribution < -0.4 is 0 Å². The molecule has 0 aromatic rings. The van der Waals surface area contributed by atoms with Gasteiger partial charge in [0.2, 0.25) is 0 Å². The maximum Gasteiger partial charge on any atom is 0.0364 e. The van der Waals surface area contributed by atoms with Crippen molar-refractivity contribution in [1.29, 1.82) is 0 Å². The minimum absolute atomic E-state index is 0.472. The van der Waals surface area contributed by atoms with Crippen LogP contribution in [0.4, 0.5) is 0 Å². The Labute approximate surface area is 101 Å². The van der Waals surface area contributed by atoms with E-state index in [-0.39, 0.29) is 0 Å². The molecule has 0 N–H and O–H groups in total. The first-order valence-corrected chi connectivity index (χ1v) is 7.21. The Bertz CT molecular complexity index is 165. The summed E-state index contributed by atoms with van der Waals surface area (Å²) in [4.78, 5) is 0. The van der Waals surface area contributed by atoms with Crippen molar-refractivity contribution in [2.75, 3.05) is 0 Å². The lowest BCUT2D eigenvalue weighted by Gasteiger charge is -2.32. The molecule has 90 valence electrons. The van der Waals surface area contributed by atoms with E-state index in [0.717, 1.165) is 17.8 Å². The number of hydrogen-bond acceptors (Lipinski definition) is 0. The van der Waals surface area contributed by atoms with Crippen molar-refractivity contribution in [2.45, 2.75) is 71.1 Å².